The van der Waals surface area contributed by atoms with Gasteiger partial charge in [0.2, 0.25) is 5.01 Å². The van der Waals surface area contributed by atoms with Gasteiger partial charge in [-0.1, -0.05) is 13.8 Å². The molecule has 0 aliphatic rings. The maximum atomic E-state index is 10.7. The third-order valence-corrected chi connectivity index (χ3v) is 4.25. The second kappa shape index (κ2) is 9.05. The molecule has 1 atom stereocenters. The summed E-state index contributed by atoms with van der Waals surface area (Å²) in [5.74, 6) is -0.950. The number of carboxylic acid groups (broad SMARTS) is 1. The van der Waals surface area contributed by atoms with Crippen LogP contribution in [-0.2, 0) is 6.54 Å². The highest BCUT2D eigenvalue weighted by Gasteiger charge is 2.09. The Morgan fingerprint density at radius 3 is 2.75 bits per heavy atom. The lowest BCUT2D eigenvalue weighted by molar-refractivity contribution is 0.0696. The molecular weight excluding hydrogens is 274 g/mol. The van der Waals surface area contributed by atoms with Crippen molar-refractivity contribution in [3.05, 3.63) is 16.1 Å². The quantitative estimate of drug-likeness (QED) is 0.694. The van der Waals surface area contributed by atoms with Crippen LogP contribution in [0.15, 0.2) is 5.38 Å². The van der Waals surface area contributed by atoms with E-state index in [1.807, 2.05) is 0 Å². The second-order valence-electron chi connectivity index (χ2n) is 4.90. The number of carboxylic acids is 1. The van der Waals surface area contributed by atoms with Crippen molar-refractivity contribution in [3.63, 3.8) is 0 Å². The molecule has 0 aromatic carbocycles. The van der Waals surface area contributed by atoms with E-state index < -0.39 is 5.97 Å². The first-order chi connectivity index (χ1) is 9.56. The lowest BCUT2D eigenvalue weighted by Crippen LogP contribution is -2.28. The molecule has 20 heavy (non-hydrogen) atoms. The molecule has 0 saturated carbocycles. The summed E-state index contributed by atoms with van der Waals surface area (Å²) in [7, 11) is 0. The summed E-state index contributed by atoms with van der Waals surface area (Å²) in [5, 5.41) is 14.2. The van der Waals surface area contributed by atoms with Gasteiger partial charge in [-0.15, -0.1) is 11.3 Å². The Hall–Kier alpha value is -0.980. The molecule has 5 nitrogen and oxygen atoms in total. The summed E-state index contributed by atoms with van der Waals surface area (Å²) in [5.41, 5.74) is 0.808. The number of aromatic nitrogens is 1. The number of carbonyl (C=O) groups is 1. The molecule has 114 valence electrons. The first-order valence-electron chi connectivity index (χ1n) is 7.20. The number of nitrogens with one attached hydrogen (secondary N) is 1. The lowest BCUT2D eigenvalue weighted by Gasteiger charge is -2.19. The van der Waals surface area contributed by atoms with Gasteiger partial charge in [-0.2, -0.15) is 0 Å². The Morgan fingerprint density at radius 1 is 1.50 bits per heavy atom. The number of thiazole rings is 1. The van der Waals surface area contributed by atoms with E-state index in [0.29, 0.717) is 12.6 Å². The van der Waals surface area contributed by atoms with Crippen molar-refractivity contribution in [2.24, 2.45) is 0 Å². The van der Waals surface area contributed by atoms with E-state index in [4.69, 9.17) is 5.11 Å². The maximum absolute atomic E-state index is 10.7. The van der Waals surface area contributed by atoms with Crippen molar-refractivity contribution < 1.29 is 9.90 Å². The van der Waals surface area contributed by atoms with Gasteiger partial charge in [0.05, 0.1) is 5.69 Å². The minimum atomic E-state index is -0.950. The molecule has 1 rings (SSSR count). The summed E-state index contributed by atoms with van der Waals surface area (Å²) >= 11 is 1.18. The highest BCUT2D eigenvalue weighted by atomic mass is 32.1. The summed E-state index contributed by atoms with van der Waals surface area (Å²) in [6.07, 6.45) is 2.29. The SMILES string of the molecule is CCN(CC)CCCC(C)NCc1csc(C(=O)O)n1. The van der Waals surface area contributed by atoms with Crippen LogP contribution in [0.2, 0.25) is 0 Å². The molecule has 0 spiro atoms. The first-order valence-corrected chi connectivity index (χ1v) is 8.08. The zero-order chi connectivity index (χ0) is 15.0. The highest BCUT2D eigenvalue weighted by molar-refractivity contribution is 7.11. The monoisotopic (exact) mass is 299 g/mol. The highest BCUT2D eigenvalue weighted by Crippen LogP contribution is 2.10. The summed E-state index contributed by atoms with van der Waals surface area (Å²) in [4.78, 5) is 17.2. The van der Waals surface area contributed by atoms with Crippen LogP contribution in [0.5, 0.6) is 0 Å². The van der Waals surface area contributed by atoms with E-state index in [9.17, 15) is 4.79 Å². The van der Waals surface area contributed by atoms with Gasteiger partial charge in [-0.3, -0.25) is 0 Å². The zero-order valence-corrected chi connectivity index (χ0v) is 13.4. The number of rotatable bonds is 10. The van der Waals surface area contributed by atoms with Gasteiger partial charge in [0, 0.05) is 18.0 Å². The third kappa shape index (κ3) is 5.98. The Balaban J connectivity index is 2.22. The fourth-order valence-electron chi connectivity index (χ4n) is 2.03. The largest absolute Gasteiger partial charge is 0.476 e. The van der Waals surface area contributed by atoms with Gasteiger partial charge >= 0.3 is 5.97 Å². The molecule has 1 aromatic heterocycles. The molecule has 0 saturated heterocycles. The maximum Gasteiger partial charge on any atom is 0.365 e. The van der Waals surface area contributed by atoms with Gasteiger partial charge in [0.25, 0.3) is 0 Å². The van der Waals surface area contributed by atoms with E-state index in [1.165, 1.54) is 17.8 Å². The van der Waals surface area contributed by atoms with E-state index in [2.05, 4.69) is 36.0 Å². The van der Waals surface area contributed by atoms with E-state index >= 15 is 0 Å². The normalized spacial score (nSPS) is 12.8. The van der Waals surface area contributed by atoms with Crippen LogP contribution in [0.1, 0.15) is 49.1 Å². The van der Waals surface area contributed by atoms with Crippen LogP contribution in [0.3, 0.4) is 0 Å². The molecule has 2 N–H and O–H groups in total. The van der Waals surface area contributed by atoms with Crippen molar-refractivity contribution in [1.29, 1.82) is 0 Å². The summed E-state index contributed by atoms with van der Waals surface area (Å²) in [6.45, 7) is 10.5. The molecule has 0 aliphatic heterocycles. The van der Waals surface area contributed by atoms with Crippen LogP contribution >= 0.6 is 11.3 Å². The fourth-order valence-corrected chi connectivity index (χ4v) is 2.68. The molecule has 1 heterocycles. The van der Waals surface area contributed by atoms with Gasteiger partial charge < -0.3 is 15.3 Å². The molecule has 1 aromatic rings. The predicted molar refractivity (Wildman–Crippen MR) is 82.4 cm³/mol. The lowest BCUT2D eigenvalue weighted by atomic mass is 10.1. The predicted octanol–water partition coefficient (Wildman–Crippen LogP) is 2.44. The number of hydrogen-bond acceptors (Lipinski definition) is 5. The van der Waals surface area contributed by atoms with Gasteiger partial charge in [0.15, 0.2) is 0 Å². The zero-order valence-electron chi connectivity index (χ0n) is 12.6. The Bertz CT molecular complexity index is 405. The number of nitrogens with zero attached hydrogens (tertiary/aromatic N) is 2. The van der Waals surface area contributed by atoms with Crippen molar-refractivity contribution >= 4 is 17.3 Å². The smallest absolute Gasteiger partial charge is 0.365 e. The van der Waals surface area contributed by atoms with Crippen LogP contribution in [0.4, 0.5) is 0 Å². The van der Waals surface area contributed by atoms with Crippen LogP contribution < -0.4 is 5.32 Å². The topological polar surface area (TPSA) is 65.5 Å². The van der Waals surface area contributed by atoms with E-state index in [0.717, 1.165) is 31.7 Å². The minimum Gasteiger partial charge on any atom is -0.476 e. The van der Waals surface area contributed by atoms with Crippen LogP contribution in [0.25, 0.3) is 0 Å². The fraction of sp³-hybridized carbons (Fsp3) is 0.714. The molecular formula is C14H25N3O2S. The van der Waals surface area contributed by atoms with Crippen LogP contribution in [-0.4, -0.2) is 46.6 Å². The summed E-state index contributed by atoms with van der Waals surface area (Å²) in [6, 6.07) is 0.417. The van der Waals surface area contributed by atoms with Crippen molar-refractivity contribution in [3.8, 4) is 0 Å². The average molecular weight is 299 g/mol. The first kappa shape index (κ1) is 17.1. The number of aromatic carboxylic acids is 1. The van der Waals surface area contributed by atoms with Gasteiger partial charge in [-0.25, -0.2) is 9.78 Å². The Kier molecular flexibility index (Phi) is 7.72. The Labute approximate surface area is 125 Å². The number of hydrogen-bond donors (Lipinski definition) is 2. The average Bonchev–Trinajstić information content (AvgIpc) is 2.90. The Morgan fingerprint density at radius 2 is 2.20 bits per heavy atom. The second-order valence-corrected chi connectivity index (χ2v) is 5.76. The molecule has 0 amide bonds. The van der Waals surface area contributed by atoms with Crippen molar-refractivity contribution in [1.82, 2.24) is 15.2 Å². The van der Waals surface area contributed by atoms with E-state index in [1.54, 1.807) is 5.38 Å². The van der Waals surface area contributed by atoms with Crippen LogP contribution in [0, 0.1) is 0 Å². The van der Waals surface area contributed by atoms with Crippen molar-refractivity contribution in [2.75, 3.05) is 19.6 Å². The molecule has 0 radical (unpaired) electrons. The third-order valence-electron chi connectivity index (χ3n) is 3.37. The minimum absolute atomic E-state index is 0.163. The molecule has 0 fully saturated rings. The molecule has 0 aliphatic carbocycles. The molecule has 6 heteroatoms. The van der Waals surface area contributed by atoms with Crippen molar-refractivity contribution in [2.45, 2.75) is 46.2 Å². The van der Waals surface area contributed by atoms with E-state index in [-0.39, 0.29) is 5.01 Å². The molecule has 1 unspecified atom stereocenters. The standard InChI is InChI=1S/C14H25N3O2S/c1-4-17(5-2)8-6-7-11(3)15-9-12-10-20-13(16-12)14(18)19/h10-11,15H,4-9H2,1-3H3,(H,18,19). The molecule has 0 bridgehead atoms. The summed E-state index contributed by atoms with van der Waals surface area (Å²) < 4.78 is 0. The van der Waals surface area contributed by atoms with Gasteiger partial charge in [-0.05, 0) is 39.4 Å². The van der Waals surface area contributed by atoms with Gasteiger partial charge in [0.1, 0.15) is 0 Å².